The molecule has 0 aromatic carbocycles. The van der Waals surface area contributed by atoms with Crippen LogP contribution in [0.4, 0.5) is 5.69 Å². The molecule has 1 amide bonds. The molecule has 0 unspecified atom stereocenters. The Bertz CT molecular complexity index is 710. The summed E-state index contributed by atoms with van der Waals surface area (Å²) < 4.78 is 0. The van der Waals surface area contributed by atoms with Crippen LogP contribution in [0, 0.1) is 0 Å². The number of H-pyrrole nitrogens is 1. The zero-order chi connectivity index (χ0) is 13.8. The van der Waals surface area contributed by atoms with Gasteiger partial charge >= 0.3 is 0 Å². The van der Waals surface area contributed by atoms with Gasteiger partial charge in [-0.2, -0.15) is 5.10 Å². The molecular formula is C13H10N6O. The maximum absolute atomic E-state index is 12.0. The molecule has 0 bridgehead atoms. The Labute approximate surface area is 114 Å². The highest BCUT2D eigenvalue weighted by atomic mass is 16.1. The molecule has 0 aliphatic rings. The fourth-order valence-corrected chi connectivity index (χ4v) is 1.70. The fraction of sp³-hybridized carbons (Fsp3) is 0. The summed E-state index contributed by atoms with van der Waals surface area (Å²) in [6, 6.07) is 7.04. The van der Waals surface area contributed by atoms with Gasteiger partial charge in [0.2, 0.25) is 0 Å². The number of rotatable bonds is 3. The first kappa shape index (κ1) is 12.0. The van der Waals surface area contributed by atoms with Gasteiger partial charge in [0.25, 0.3) is 5.91 Å². The van der Waals surface area contributed by atoms with Crippen molar-refractivity contribution in [3.63, 3.8) is 0 Å². The van der Waals surface area contributed by atoms with Crippen molar-refractivity contribution in [3.05, 3.63) is 54.9 Å². The molecule has 0 fully saturated rings. The molecule has 3 rings (SSSR count). The van der Waals surface area contributed by atoms with Crippen molar-refractivity contribution in [1.82, 2.24) is 25.1 Å². The number of carbonyl (C=O) groups is 1. The van der Waals surface area contributed by atoms with Crippen LogP contribution < -0.4 is 5.32 Å². The number of hydrogen-bond acceptors (Lipinski definition) is 5. The number of nitrogens with one attached hydrogen (secondary N) is 2. The van der Waals surface area contributed by atoms with E-state index >= 15 is 0 Å². The monoisotopic (exact) mass is 266 g/mol. The lowest BCUT2D eigenvalue weighted by atomic mass is 10.2. The predicted octanol–water partition coefficient (Wildman–Crippen LogP) is 1.51. The summed E-state index contributed by atoms with van der Waals surface area (Å²) in [5.74, 6) is -0.328. The zero-order valence-electron chi connectivity index (χ0n) is 10.3. The van der Waals surface area contributed by atoms with Gasteiger partial charge in [-0.05, 0) is 18.2 Å². The van der Waals surface area contributed by atoms with Crippen LogP contribution in [0.25, 0.3) is 11.4 Å². The lowest BCUT2D eigenvalue weighted by Gasteiger charge is -2.04. The molecule has 7 heteroatoms. The van der Waals surface area contributed by atoms with E-state index in [0.717, 1.165) is 0 Å². The van der Waals surface area contributed by atoms with Crippen LogP contribution in [0.3, 0.4) is 0 Å². The Kier molecular flexibility index (Phi) is 3.15. The Morgan fingerprint density at radius 1 is 1.15 bits per heavy atom. The fourth-order valence-electron chi connectivity index (χ4n) is 1.70. The molecule has 0 saturated heterocycles. The first-order chi connectivity index (χ1) is 9.84. The Hall–Kier alpha value is -3.09. The molecule has 0 aliphatic carbocycles. The molecule has 3 aromatic heterocycles. The van der Waals surface area contributed by atoms with Gasteiger partial charge in [0.1, 0.15) is 17.7 Å². The van der Waals surface area contributed by atoms with E-state index in [-0.39, 0.29) is 11.6 Å². The molecule has 3 aromatic rings. The van der Waals surface area contributed by atoms with Crippen molar-refractivity contribution < 1.29 is 4.79 Å². The summed E-state index contributed by atoms with van der Waals surface area (Å²) in [7, 11) is 0. The van der Waals surface area contributed by atoms with E-state index in [0.29, 0.717) is 17.1 Å². The number of hydrogen-bond donors (Lipinski definition) is 2. The molecule has 0 radical (unpaired) electrons. The number of amides is 1. The lowest BCUT2D eigenvalue weighted by Crippen LogP contribution is -2.13. The molecule has 7 nitrogen and oxygen atoms in total. The molecule has 0 aliphatic heterocycles. The molecule has 3 heterocycles. The standard InChI is InChI=1S/C13H10N6O/c20-13(10-4-6-14-8-16-10)18-11-7-17-19-12(11)9-3-1-2-5-15-9/h1-8H,(H,17,19)(H,18,20). The highest BCUT2D eigenvalue weighted by Gasteiger charge is 2.13. The minimum absolute atomic E-state index is 0.285. The number of nitrogens with zero attached hydrogens (tertiary/aromatic N) is 4. The van der Waals surface area contributed by atoms with Crippen molar-refractivity contribution >= 4 is 11.6 Å². The number of anilines is 1. The zero-order valence-corrected chi connectivity index (χ0v) is 10.3. The van der Waals surface area contributed by atoms with E-state index in [2.05, 4.69) is 30.5 Å². The third-order valence-corrected chi connectivity index (χ3v) is 2.62. The van der Waals surface area contributed by atoms with Crippen molar-refractivity contribution in [1.29, 1.82) is 0 Å². The Balaban J connectivity index is 1.86. The van der Waals surface area contributed by atoms with Crippen LogP contribution >= 0.6 is 0 Å². The lowest BCUT2D eigenvalue weighted by molar-refractivity contribution is 0.102. The first-order valence-corrected chi connectivity index (χ1v) is 5.87. The van der Waals surface area contributed by atoms with Gasteiger partial charge < -0.3 is 5.32 Å². The minimum Gasteiger partial charge on any atom is -0.317 e. The second-order valence-electron chi connectivity index (χ2n) is 3.92. The van der Waals surface area contributed by atoms with Crippen LogP contribution in [0.2, 0.25) is 0 Å². The Morgan fingerprint density at radius 2 is 2.10 bits per heavy atom. The van der Waals surface area contributed by atoms with Gasteiger partial charge in [-0.1, -0.05) is 6.07 Å². The Morgan fingerprint density at radius 3 is 2.85 bits per heavy atom. The highest BCUT2D eigenvalue weighted by Crippen LogP contribution is 2.23. The van der Waals surface area contributed by atoms with Gasteiger partial charge in [-0.15, -0.1) is 0 Å². The van der Waals surface area contributed by atoms with Crippen LogP contribution in [-0.2, 0) is 0 Å². The van der Waals surface area contributed by atoms with Crippen LogP contribution in [0.1, 0.15) is 10.5 Å². The van der Waals surface area contributed by atoms with Gasteiger partial charge in [0.05, 0.1) is 17.6 Å². The predicted molar refractivity (Wildman–Crippen MR) is 71.8 cm³/mol. The van der Waals surface area contributed by atoms with E-state index in [4.69, 9.17) is 0 Å². The third kappa shape index (κ3) is 2.37. The van der Waals surface area contributed by atoms with Crippen molar-refractivity contribution in [2.24, 2.45) is 0 Å². The minimum atomic E-state index is -0.328. The van der Waals surface area contributed by atoms with E-state index in [1.54, 1.807) is 6.20 Å². The van der Waals surface area contributed by atoms with Gasteiger partial charge in [-0.3, -0.25) is 14.9 Å². The largest absolute Gasteiger partial charge is 0.317 e. The van der Waals surface area contributed by atoms with E-state index in [1.165, 1.54) is 24.8 Å². The summed E-state index contributed by atoms with van der Waals surface area (Å²) in [4.78, 5) is 23.9. The average Bonchev–Trinajstić information content (AvgIpc) is 2.97. The molecular weight excluding hydrogens is 256 g/mol. The number of aromatic amines is 1. The number of aromatic nitrogens is 5. The summed E-state index contributed by atoms with van der Waals surface area (Å²) in [6.45, 7) is 0. The van der Waals surface area contributed by atoms with E-state index in [9.17, 15) is 4.79 Å². The second-order valence-corrected chi connectivity index (χ2v) is 3.92. The molecule has 98 valence electrons. The van der Waals surface area contributed by atoms with Crippen molar-refractivity contribution in [3.8, 4) is 11.4 Å². The van der Waals surface area contributed by atoms with Crippen LogP contribution in [0.5, 0.6) is 0 Å². The van der Waals surface area contributed by atoms with Gasteiger partial charge in [-0.25, -0.2) is 9.97 Å². The molecule has 0 spiro atoms. The summed E-state index contributed by atoms with van der Waals surface area (Å²) in [5.41, 5.74) is 2.18. The molecule has 0 atom stereocenters. The topological polar surface area (TPSA) is 96.5 Å². The highest BCUT2D eigenvalue weighted by molar-refractivity contribution is 6.04. The van der Waals surface area contributed by atoms with Crippen molar-refractivity contribution in [2.45, 2.75) is 0 Å². The van der Waals surface area contributed by atoms with Gasteiger partial charge in [0, 0.05) is 12.4 Å². The smallest absolute Gasteiger partial charge is 0.274 e. The summed E-state index contributed by atoms with van der Waals surface area (Å²) in [5, 5.41) is 9.49. The molecule has 20 heavy (non-hydrogen) atoms. The maximum Gasteiger partial charge on any atom is 0.274 e. The SMILES string of the molecule is O=C(Nc1cn[nH]c1-c1ccccn1)c1ccncn1. The summed E-state index contributed by atoms with van der Waals surface area (Å²) in [6.07, 6.45) is 6.04. The molecule has 2 N–H and O–H groups in total. The van der Waals surface area contributed by atoms with Crippen LogP contribution in [-0.4, -0.2) is 31.1 Å². The average molecular weight is 266 g/mol. The number of pyridine rings is 1. The van der Waals surface area contributed by atoms with E-state index < -0.39 is 0 Å². The van der Waals surface area contributed by atoms with Crippen LogP contribution in [0.15, 0.2) is 49.2 Å². The summed E-state index contributed by atoms with van der Waals surface area (Å²) >= 11 is 0. The maximum atomic E-state index is 12.0. The second kappa shape index (κ2) is 5.27. The van der Waals surface area contributed by atoms with Gasteiger partial charge in [0.15, 0.2) is 0 Å². The third-order valence-electron chi connectivity index (χ3n) is 2.62. The quantitative estimate of drug-likeness (QED) is 0.749. The first-order valence-electron chi connectivity index (χ1n) is 5.87. The number of carbonyl (C=O) groups excluding carboxylic acids is 1. The van der Waals surface area contributed by atoms with E-state index in [1.807, 2.05) is 18.2 Å². The molecule has 0 saturated carbocycles. The normalized spacial score (nSPS) is 10.2. The van der Waals surface area contributed by atoms with Crippen molar-refractivity contribution in [2.75, 3.05) is 5.32 Å².